The van der Waals surface area contributed by atoms with Crippen molar-refractivity contribution in [1.29, 1.82) is 0 Å². The molecule has 0 unspecified atom stereocenters. The van der Waals surface area contributed by atoms with Gasteiger partial charge in [-0.3, -0.25) is 4.68 Å². The number of benzene rings is 1. The zero-order valence-electron chi connectivity index (χ0n) is 21.0. The van der Waals surface area contributed by atoms with Crippen LogP contribution in [0.3, 0.4) is 0 Å². The van der Waals surface area contributed by atoms with Crippen molar-refractivity contribution in [1.82, 2.24) is 29.7 Å². The largest absolute Gasteiger partial charge is 0.416 e. The van der Waals surface area contributed by atoms with Crippen LogP contribution in [-0.2, 0) is 17.5 Å². The third-order valence-electron chi connectivity index (χ3n) is 7.33. The van der Waals surface area contributed by atoms with E-state index in [1.54, 1.807) is 13.8 Å². The number of rotatable bonds is 5. The minimum absolute atomic E-state index is 0.0748. The predicted octanol–water partition coefficient (Wildman–Crippen LogP) is 6.10. The first-order valence-electron chi connectivity index (χ1n) is 12.7. The van der Waals surface area contributed by atoms with Gasteiger partial charge in [0.2, 0.25) is 0 Å². The number of alkyl halides is 3. The third kappa shape index (κ3) is 4.87. The van der Waals surface area contributed by atoms with E-state index >= 15 is 4.39 Å². The molecule has 0 N–H and O–H groups in total. The van der Waals surface area contributed by atoms with Crippen molar-refractivity contribution in [3.8, 4) is 11.3 Å². The minimum atomic E-state index is -4.66. The Bertz CT molecular complexity index is 1510. The minimum Gasteiger partial charge on any atom is -0.373 e. The summed E-state index contributed by atoms with van der Waals surface area (Å²) in [4.78, 5) is 18.5. The molecule has 7 nitrogen and oxygen atoms in total. The Balaban J connectivity index is 1.38. The van der Waals surface area contributed by atoms with Gasteiger partial charge in [-0.05, 0) is 63.6 Å². The van der Waals surface area contributed by atoms with Crippen LogP contribution in [0.15, 0.2) is 30.6 Å². The Hall–Kier alpha value is -3.47. The van der Waals surface area contributed by atoms with E-state index in [4.69, 9.17) is 9.72 Å². The Morgan fingerprint density at radius 2 is 1.82 bits per heavy atom. The molecule has 0 radical (unpaired) electrons. The van der Waals surface area contributed by atoms with E-state index < -0.39 is 17.6 Å². The van der Waals surface area contributed by atoms with Crippen molar-refractivity contribution in [3.63, 3.8) is 0 Å². The number of ether oxygens (including phenoxy) is 1. The summed E-state index contributed by atoms with van der Waals surface area (Å²) in [6.07, 6.45) is 2.71. The van der Waals surface area contributed by atoms with E-state index in [1.807, 2.05) is 17.1 Å². The third-order valence-corrected chi connectivity index (χ3v) is 7.33. The van der Waals surface area contributed by atoms with Crippen molar-refractivity contribution in [2.24, 2.45) is 5.92 Å². The lowest BCUT2D eigenvalue weighted by molar-refractivity contribution is -0.137. The van der Waals surface area contributed by atoms with Crippen LogP contribution in [-0.4, -0.2) is 36.3 Å². The second kappa shape index (κ2) is 9.37. The molecule has 1 aromatic carbocycles. The summed E-state index contributed by atoms with van der Waals surface area (Å²) in [6.45, 7) is 4.94. The van der Waals surface area contributed by atoms with Gasteiger partial charge in [-0.15, -0.1) is 0 Å². The topological polar surface area (TPSA) is 78.6 Å². The highest BCUT2D eigenvalue weighted by Gasteiger charge is 2.33. The SMILES string of the molecule is Cc1nc2nc([C@@H]3CCO[C@@H](c4cnn(CC5CC5)c4)C3)nc(-c3ccc(C(F)(F)F)cc3F)c2nc1C. The average Bonchev–Trinajstić information content (AvgIpc) is 3.57. The molecule has 11 heteroatoms. The van der Waals surface area contributed by atoms with E-state index in [9.17, 15) is 13.2 Å². The van der Waals surface area contributed by atoms with Crippen LogP contribution in [0.5, 0.6) is 0 Å². The lowest BCUT2D eigenvalue weighted by Crippen LogP contribution is -2.20. The van der Waals surface area contributed by atoms with Crippen molar-refractivity contribution >= 4 is 11.2 Å². The summed E-state index contributed by atoms with van der Waals surface area (Å²) in [6, 6.07) is 2.44. The van der Waals surface area contributed by atoms with Gasteiger partial charge in [-0.1, -0.05) is 0 Å². The maximum absolute atomic E-state index is 15.1. The summed E-state index contributed by atoms with van der Waals surface area (Å²) in [5, 5.41) is 4.48. The maximum atomic E-state index is 15.1. The number of fused-ring (bicyclic) bond motifs is 1. The average molecular weight is 527 g/mol. The van der Waals surface area contributed by atoms with E-state index in [2.05, 4.69) is 20.1 Å². The highest BCUT2D eigenvalue weighted by atomic mass is 19.4. The molecule has 3 aromatic heterocycles. The van der Waals surface area contributed by atoms with Crippen molar-refractivity contribution in [3.05, 3.63) is 64.7 Å². The summed E-state index contributed by atoms with van der Waals surface area (Å²) in [5.41, 5.74) is 1.78. The predicted molar refractivity (Wildman–Crippen MR) is 131 cm³/mol. The number of aryl methyl sites for hydroxylation is 2. The van der Waals surface area contributed by atoms with Gasteiger partial charge < -0.3 is 4.74 Å². The fourth-order valence-electron chi connectivity index (χ4n) is 4.86. The molecule has 1 saturated heterocycles. The smallest absolute Gasteiger partial charge is 0.373 e. The Morgan fingerprint density at radius 3 is 2.55 bits per heavy atom. The lowest BCUT2D eigenvalue weighted by atomic mass is 9.92. The molecule has 0 amide bonds. The number of hydrogen-bond donors (Lipinski definition) is 0. The molecule has 0 spiro atoms. The van der Waals surface area contributed by atoms with E-state index in [1.165, 1.54) is 12.8 Å². The number of halogens is 4. The van der Waals surface area contributed by atoms with Gasteiger partial charge in [0, 0.05) is 36.4 Å². The summed E-state index contributed by atoms with van der Waals surface area (Å²) in [7, 11) is 0. The Labute approximate surface area is 216 Å². The van der Waals surface area contributed by atoms with E-state index in [-0.39, 0.29) is 34.4 Å². The molecule has 38 heavy (non-hydrogen) atoms. The molecule has 6 rings (SSSR count). The van der Waals surface area contributed by atoms with E-state index in [0.717, 1.165) is 24.2 Å². The zero-order valence-corrected chi connectivity index (χ0v) is 21.0. The van der Waals surface area contributed by atoms with Gasteiger partial charge in [0.25, 0.3) is 0 Å². The first-order valence-corrected chi connectivity index (χ1v) is 12.7. The molecule has 2 atom stereocenters. The fraction of sp³-hybridized carbons (Fsp3) is 0.444. The Kier molecular flexibility index (Phi) is 6.13. The fourth-order valence-corrected chi connectivity index (χ4v) is 4.86. The van der Waals surface area contributed by atoms with Crippen molar-refractivity contribution in [2.45, 2.75) is 64.3 Å². The molecule has 0 bridgehead atoms. The number of hydrogen-bond acceptors (Lipinski definition) is 6. The Morgan fingerprint density at radius 1 is 1.03 bits per heavy atom. The molecule has 198 valence electrons. The van der Waals surface area contributed by atoms with Crippen LogP contribution >= 0.6 is 0 Å². The highest BCUT2D eigenvalue weighted by molar-refractivity contribution is 5.87. The van der Waals surface area contributed by atoms with Gasteiger partial charge >= 0.3 is 6.18 Å². The molecule has 1 aliphatic heterocycles. The molecule has 1 saturated carbocycles. The number of aromatic nitrogens is 6. The summed E-state index contributed by atoms with van der Waals surface area (Å²) in [5.74, 6) is -0.00246. The first kappa shape index (κ1) is 24.8. The molecule has 4 heterocycles. The maximum Gasteiger partial charge on any atom is 0.416 e. The second-order valence-corrected chi connectivity index (χ2v) is 10.2. The van der Waals surface area contributed by atoms with Crippen molar-refractivity contribution < 1.29 is 22.3 Å². The van der Waals surface area contributed by atoms with Crippen LogP contribution in [0.4, 0.5) is 17.6 Å². The lowest BCUT2D eigenvalue weighted by Gasteiger charge is -2.28. The molecule has 1 aliphatic carbocycles. The van der Waals surface area contributed by atoms with E-state index in [0.29, 0.717) is 48.6 Å². The van der Waals surface area contributed by atoms with Crippen LogP contribution in [0.2, 0.25) is 0 Å². The van der Waals surface area contributed by atoms with Crippen LogP contribution < -0.4 is 0 Å². The van der Waals surface area contributed by atoms with Crippen LogP contribution in [0.25, 0.3) is 22.4 Å². The van der Waals surface area contributed by atoms with Gasteiger partial charge in [-0.2, -0.15) is 18.3 Å². The molecule has 4 aromatic rings. The van der Waals surface area contributed by atoms with Crippen LogP contribution in [0, 0.1) is 25.6 Å². The molecular weight excluding hydrogens is 500 g/mol. The monoisotopic (exact) mass is 526 g/mol. The normalized spacial score (nSPS) is 20.3. The number of nitrogens with zero attached hydrogens (tertiary/aromatic N) is 6. The summed E-state index contributed by atoms with van der Waals surface area (Å²) >= 11 is 0. The summed E-state index contributed by atoms with van der Waals surface area (Å²) < 4.78 is 62.6. The quantitative estimate of drug-likeness (QED) is 0.292. The van der Waals surface area contributed by atoms with Gasteiger partial charge in [0.15, 0.2) is 5.65 Å². The standard InChI is InChI=1S/C27H26F4N6O/c1-14-15(2)34-26-24(33-14)23(20-6-5-19(10-21(20)28)27(29,30)31)35-25(36-26)17-7-8-38-22(9-17)18-11-32-37(13-18)12-16-3-4-16/h5-6,10-11,13,16-17,22H,3-4,7-9,12H2,1-2H3/t17-,22-/m1/s1. The zero-order chi connectivity index (χ0) is 26.6. The van der Waals surface area contributed by atoms with Gasteiger partial charge in [0.1, 0.15) is 22.9 Å². The van der Waals surface area contributed by atoms with Crippen molar-refractivity contribution in [2.75, 3.05) is 6.61 Å². The molecule has 2 fully saturated rings. The van der Waals surface area contributed by atoms with Gasteiger partial charge in [0.05, 0.1) is 29.3 Å². The molecular formula is C27H26F4N6O. The molecule has 2 aliphatic rings. The second-order valence-electron chi connectivity index (χ2n) is 10.2. The first-order chi connectivity index (χ1) is 18.2. The van der Waals surface area contributed by atoms with Crippen LogP contribution in [0.1, 0.15) is 66.0 Å². The van der Waals surface area contributed by atoms with Gasteiger partial charge in [-0.25, -0.2) is 24.3 Å². The highest BCUT2D eigenvalue weighted by Crippen LogP contribution is 2.39.